The van der Waals surface area contributed by atoms with Crippen LogP contribution >= 0.6 is 0 Å². The van der Waals surface area contributed by atoms with Crippen molar-refractivity contribution < 1.29 is 14.0 Å². The lowest BCUT2D eigenvalue weighted by Gasteiger charge is -2.11. The second-order valence-corrected chi connectivity index (χ2v) is 5.15. The van der Waals surface area contributed by atoms with E-state index in [2.05, 4.69) is 10.6 Å². The van der Waals surface area contributed by atoms with E-state index in [4.69, 9.17) is 0 Å². The van der Waals surface area contributed by atoms with E-state index in [1.165, 1.54) is 25.1 Å². The lowest BCUT2D eigenvalue weighted by Crippen LogP contribution is -2.14. The number of aryl methyl sites for hydroxylation is 2. The van der Waals surface area contributed by atoms with Crippen LogP contribution in [0.5, 0.6) is 0 Å². The fourth-order valence-electron chi connectivity index (χ4n) is 2.07. The van der Waals surface area contributed by atoms with Gasteiger partial charge in [-0.2, -0.15) is 0 Å². The minimum Gasteiger partial charge on any atom is -0.324 e. The van der Waals surface area contributed by atoms with Crippen LogP contribution in [0.1, 0.15) is 28.4 Å². The lowest BCUT2D eigenvalue weighted by atomic mass is 10.0. The predicted octanol–water partition coefficient (Wildman–Crippen LogP) is 3.65. The van der Waals surface area contributed by atoms with Crippen molar-refractivity contribution in [3.63, 3.8) is 0 Å². The topological polar surface area (TPSA) is 58.2 Å². The molecule has 4 nitrogen and oxygen atoms in total. The van der Waals surface area contributed by atoms with E-state index in [-0.39, 0.29) is 17.5 Å². The maximum Gasteiger partial charge on any atom is 0.255 e. The van der Waals surface area contributed by atoms with Crippen LogP contribution < -0.4 is 10.6 Å². The Morgan fingerprint density at radius 2 is 1.73 bits per heavy atom. The zero-order chi connectivity index (χ0) is 16.3. The Balaban J connectivity index is 2.25. The molecule has 0 saturated heterocycles. The molecule has 0 radical (unpaired) electrons. The van der Waals surface area contributed by atoms with Crippen LogP contribution in [0.2, 0.25) is 0 Å². The van der Waals surface area contributed by atoms with Gasteiger partial charge in [0.2, 0.25) is 5.91 Å². The minimum atomic E-state index is -0.556. The first kappa shape index (κ1) is 15.7. The van der Waals surface area contributed by atoms with Gasteiger partial charge in [0.1, 0.15) is 5.82 Å². The van der Waals surface area contributed by atoms with Gasteiger partial charge in [-0.1, -0.05) is 17.7 Å². The Kier molecular flexibility index (Phi) is 4.56. The first-order valence-corrected chi connectivity index (χ1v) is 6.82. The zero-order valence-electron chi connectivity index (χ0n) is 12.7. The number of amides is 2. The molecule has 0 fully saturated rings. The summed E-state index contributed by atoms with van der Waals surface area (Å²) in [4.78, 5) is 23.4. The quantitative estimate of drug-likeness (QED) is 0.909. The summed E-state index contributed by atoms with van der Waals surface area (Å²) < 4.78 is 13.6. The van der Waals surface area contributed by atoms with E-state index in [0.717, 1.165) is 11.1 Å². The van der Waals surface area contributed by atoms with Crippen LogP contribution in [0.3, 0.4) is 0 Å². The van der Waals surface area contributed by atoms with Crippen molar-refractivity contribution in [3.05, 3.63) is 58.9 Å². The van der Waals surface area contributed by atoms with E-state index in [1.54, 1.807) is 6.07 Å². The Morgan fingerprint density at radius 3 is 2.41 bits per heavy atom. The van der Waals surface area contributed by atoms with Gasteiger partial charge >= 0.3 is 0 Å². The Hall–Kier alpha value is -2.69. The van der Waals surface area contributed by atoms with Gasteiger partial charge < -0.3 is 10.6 Å². The first-order chi connectivity index (χ1) is 10.4. The molecular formula is C17H17FN2O2. The Labute approximate surface area is 128 Å². The van der Waals surface area contributed by atoms with Gasteiger partial charge in [0, 0.05) is 18.2 Å². The lowest BCUT2D eigenvalue weighted by molar-refractivity contribution is -0.114. The van der Waals surface area contributed by atoms with Crippen molar-refractivity contribution in [2.24, 2.45) is 0 Å². The molecule has 5 heteroatoms. The van der Waals surface area contributed by atoms with E-state index in [1.807, 2.05) is 26.0 Å². The SMILES string of the molecule is CC(=O)Nc1cc(NC(=O)c2cc(C)ccc2C)ccc1F. The summed E-state index contributed by atoms with van der Waals surface area (Å²) in [5.74, 6) is -1.21. The van der Waals surface area contributed by atoms with Crippen molar-refractivity contribution in [3.8, 4) is 0 Å². The van der Waals surface area contributed by atoms with Crippen LogP contribution in [-0.4, -0.2) is 11.8 Å². The minimum absolute atomic E-state index is 0.0336. The molecule has 0 heterocycles. The van der Waals surface area contributed by atoms with Crippen molar-refractivity contribution in [1.29, 1.82) is 0 Å². The normalized spacial score (nSPS) is 10.2. The molecule has 0 bridgehead atoms. The molecular weight excluding hydrogens is 283 g/mol. The highest BCUT2D eigenvalue weighted by Crippen LogP contribution is 2.21. The van der Waals surface area contributed by atoms with Crippen LogP contribution in [0.4, 0.5) is 15.8 Å². The molecule has 0 unspecified atom stereocenters. The van der Waals surface area contributed by atoms with Crippen LogP contribution in [-0.2, 0) is 4.79 Å². The average molecular weight is 300 g/mol. The number of carbonyl (C=O) groups excluding carboxylic acids is 2. The summed E-state index contributed by atoms with van der Waals surface area (Å²) >= 11 is 0. The maximum atomic E-state index is 13.6. The summed E-state index contributed by atoms with van der Waals surface area (Å²) in [7, 11) is 0. The number of rotatable bonds is 3. The van der Waals surface area contributed by atoms with Crippen molar-refractivity contribution >= 4 is 23.2 Å². The number of hydrogen-bond acceptors (Lipinski definition) is 2. The highest BCUT2D eigenvalue weighted by Gasteiger charge is 2.11. The van der Waals surface area contributed by atoms with E-state index in [9.17, 15) is 14.0 Å². The predicted molar refractivity (Wildman–Crippen MR) is 84.6 cm³/mol. The fourth-order valence-corrected chi connectivity index (χ4v) is 2.07. The standard InChI is InChI=1S/C17H17FN2O2/c1-10-4-5-11(2)14(8-10)17(22)20-13-6-7-15(18)16(9-13)19-12(3)21/h4-9H,1-3H3,(H,19,21)(H,20,22). The monoisotopic (exact) mass is 300 g/mol. The second-order valence-electron chi connectivity index (χ2n) is 5.15. The highest BCUT2D eigenvalue weighted by atomic mass is 19.1. The van der Waals surface area contributed by atoms with E-state index < -0.39 is 5.82 Å². The molecule has 0 atom stereocenters. The van der Waals surface area contributed by atoms with Gasteiger partial charge in [-0.3, -0.25) is 9.59 Å². The summed E-state index contributed by atoms with van der Waals surface area (Å²) in [5.41, 5.74) is 2.84. The highest BCUT2D eigenvalue weighted by molar-refractivity contribution is 6.05. The largest absolute Gasteiger partial charge is 0.324 e. The molecule has 0 spiro atoms. The average Bonchev–Trinajstić information content (AvgIpc) is 2.44. The van der Waals surface area contributed by atoms with Crippen molar-refractivity contribution in [2.75, 3.05) is 10.6 Å². The Morgan fingerprint density at radius 1 is 1.00 bits per heavy atom. The summed E-state index contributed by atoms with van der Waals surface area (Å²) in [5, 5.41) is 5.09. The van der Waals surface area contributed by atoms with Gasteiger partial charge in [0.15, 0.2) is 0 Å². The molecule has 22 heavy (non-hydrogen) atoms. The van der Waals surface area contributed by atoms with Crippen molar-refractivity contribution in [2.45, 2.75) is 20.8 Å². The number of halogens is 1. The molecule has 0 aliphatic rings. The van der Waals surface area contributed by atoms with Crippen molar-refractivity contribution in [1.82, 2.24) is 0 Å². The zero-order valence-corrected chi connectivity index (χ0v) is 12.7. The van der Waals surface area contributed by atoms with Gasteiger partial charge in [-0.05, 0) is 43.7 Å². The smallest absolute Gasteiger partial charge is 0.255 e. The molecule has 2 N–H and O–H groups in total. The molecule has 114 valence electrons. The molecule has 0 aromatic heterocycles. The third-order valence-electron chi connectivity index (χ3n) is 3.17. The fraction of sp³-hybridized carbons (Fsp3) is 0.176. The molecule has 2 amide bonds. The maximum absolute atomic E-state index is 13.6. The van der Waals surface area contributed by atoms with Gasteiger partial charge in [0.05, 0.1) is 5.69 Å². The van der Waals surface area contributed by atoms with Gasteiger partial charge in [-0.15, -0.1) is 0 Å². The number of nitrogens with one attached hydrogen (secondary N) is 2. The number of anilines is 2. The third kappa shape index (κ3) is 3.69. The van der Waals surface area contributed by atoms with Gasteiger partial charge in [0.25, 0.3) is 5.91 Å². The first-order valence-electron chi connectivity index (χ1n) is 6.82. The number of hydrogen-bond donors (Lipinski definition) is 2. The number of benzene rings is 2. The molecule has 0 aliphatic carbocycles. The molecule has 2 aromatic carbocycles. The molecule has 2 aromatic rings. The molecule has 2 rings (SSSR count). The molecule has 0 saturated carbocycles. The van der Waals surface area contributed by atoms with E-state index >= 15 is 0 Å². The summed E-state index contributed by atoms with van der Waals surface area (Å²) in [6.45, 7) is 5.05. The number of carbonyl (C=O) groups is 2. The Bertz CT molecular complexity index is 741. The summed E-state index contributed by atoms with van der Waals surface area (Å²) in [6.07, 6.45) is 0. The summed E-state index contributed by atoms with van der Waals surface area (Å²) in [6, 6.07) is 9.63. The molecule has 0 aliphatic heterocycles. The third-order valence-corrected chi connectivity index (χ3v) is 3.17. The van der Waals surface area contributed by atoms with Crippen LogP contribution in [0, 0.1) is 19.7 Å². The van der Waals surface area contributed by atoms with Crippen LogP contribution in [0.25, 0.3) is 0 Å². The van der Waals surface area contributed by atoms with E-state index in [0.29, 0.717) is 11.3 Å². The van der Waals surface area contributed by atoms with Crippen LogP contribution in [0.15, 0.2) is 36.4 Å². The van der Waals surface area contributed by atoms with Gasteiger partial charge in [-0.25, -0.2) is 4.39 Å². The second kappa shape index (κ2) is 6.39.